The monoisotopic (exact) mass is 284 g/mol. The Bertz CT molecular complexity index is 734. The minimum atomic E-state index is -1.15. The predicted octanol–water partition coefficient (Wildman–Crippen LogP) is 1.06. The van der Waals surface area contributed by atoms with Crippen molar-refractivity contribution < 1.29 is 19.4 Å². The number of aromatic carboxylic acids is 1. The molecule has 0 unspecified atom stereocenters. The van der Waals surface area contributed by atoms with Crippen LogP contribution in [-0.2, 0) is 4.79 Å². The fourth-order valence-corrected chi connectivity index (χ4v) is 1.80. The smallest absolute Gasteiger partial charge is 0.340 e. The van der Waals surface area contributed by atoms with Gasteiger partial charge in [-0.15, -0.1) is 6.42 Å². The first-order valence-electron chi connectivity index (χ1n) is 6.07. The molecule has 0 radical (unpaired) electrons. The van der Waals surface area contributed by atoms with Gasteiger partial charge in [0, 0.05) is 5.39 Å². The number of carbonyl (C=O) groups excluding carboxylic acids is 1. The topological polar surface area (TPSA) is 88.5 Å². The van der Waals surface area contributed by atoms with Crippen LogP contribution in [0.25, 0.3) is 10.9 Å². The molecule has 0 spiro atoms. The van der Waals surface area contributed by atoms with E-state index in [9.17, 15) is 14.7 Å². The molecule has 0 aliphatic rings. The van der Waals surface area contributed by atoms with Gasteiger partial charge in [-0.3, -0.25) is 9.78 Å². The van der Waals surface area contributed by atoms with Gasteiger partial charge < -0.3 is 15.2 Å². The molecule has 1 aromatic heterocycles. The van der Waals surface area contributed by atoms with Gasteiger partial charge in [0.05, 0.1) is 18.3 Å². The number of hydrogen-bond donors (Lipinski definition) is 2. The SMILES string of the molecule is C#CCNC(=O)COc1cnc2ccccc2c1C(=O)O. The molecule has 0 aliphatic carbocycles. The third-order valence-corrected chi connectivity index (χ3v) is 2.70. The number of carbonyl (C=O) groups is 2. The summed E-state index contributed by atoms with van der Waals surface area (Å²) in [6.07, 6.45) is 6.31. The summed E-state index contributed by atoms with van der Waals surface area (Å²) in [5.41, 5.74) is 0.518. The Labute approximate surface area is 120 Å². The van der Waals surface area contributed by atoms with Crippen LogP contribution in [0, 0.1) is 12.3 Å². The zero-order valence-corrected chi connectivity index (χ0v) is 11.0. The Kier molecular flexibility index (Phi) is 4.36. The quantitative estimate of drug-likeness (QED) is 0.801. The van der Waals surface area contributed by atoms with Crippen LogP contribution in [0.3, 0.4) is 0 Å². The van der Waals surface area contributed by atoms with Crippen LogP contribution in [0.5, 0.6) is 5.75 Å². The maximum Gasteiger partial charge on any atom is 0.340 e. The van der Waals surface area contributed by atoms with Crippen LogP contribution < -0.4 is 10.1 Å². The molecule has 2 aromatic rings. The molecule has 0 saturated carbocycles. The molecule has 0 atom stereocenters. The lowest BCUT2D eigenvalue weighted by Crippen LogP contribution is -2.29. The minimum Gasteiger partial charge on any atom is -0.481 e. The number of terminal acetylenes is 1. The van der Waals surface area contributed by atoms with E-state index in [1.54, 1.807) is 24.3 Å². The molecule has 1 aromatic carbocycles. The van der Waals surface area contributed by atoms with Crippen molar-refractivity contribution in [1.29, 1.82) is 0 Å². The Morgan fingerprint density at radius 3 is 2.86 bits per heavy atom. The summed E-state index contributed by atoms with van der Waals surface area (Å²) >= 11 is 0. The molecule has 0 fully saturated rings. The lowest BCUT2D eigenvalue weighted by molar-refractivity contribution is -0.122. The van der Waals surface area contributed by atoms with Gasteiger partial charge in [-0.05, 0) is 6.07 Å². The third kappa shape index (κ3) is 3.28. The van der Waals surface area contributed by atoms with Crippen LogP contribution in [0.1, 0.15) is 10.4 Å². The highest BCUT2D eigenvalue weighted by molar-refractivity contribution is 6.04. The van der Waals surface area contributed by atoms with Gasteiger partial charge in [0.2, 0.25) is 0 Å². The number of amides is 1. The number of fused-ring (bicyclic) bond motifs is 1. The largest absolute Gasteiger partial charge is 0.481 e. The maximum atomic E-state index is 11.4. The number of benzene rings is 1. The summed E-state index contributed by atoms with van der Waals surface area (Å²) in [5.74, 6) is 0.717. The normalized spacial score (nSPS) is 9.86. The van der Waals surface area contributed by atoms with E-state index in [1.165, 1.54) is 6.20 Å². The highest BCUT2D eigenvalue weighted by Gasteiger charge is 2.17. The number of nitrogens with one attached hydrogen (secondary N) is 1. The number of pyridine rings is 1. The highest BCUT2D eigenvalue weighted by atomic mass is 16.5. The van der Waals surface area contributed by atoms with E-state index in [-0.39, 0.29) is 24.5 Å². The molecule has 2 N–H and O–H groups in total. The number of carboxylic acid groups (broad SMARTS) is 1. The molecule has 0 bridgehead atoms. The Morgan fingerprint density at radius 2 is 2.14 bits per heavy atom. The Balaban J connectivity index is 2.28. The van der Waals surface area contributed by atoms with Gasteiger partial charge in [-0.25, -0.2) is 4.79 Å². The average Bonchev–Trinajstić information content (AvgIpc) is 2.49. The van der Waals surface area contributed by atoms with Crippen molar-refractivity contribution in [2.45, 2.75) is 0 Å². The summed E-state index contributed by atoms with van der Waals surface area (Å²) in [6, 6.07) is 6.80. The number of hydrogen-bond acceptors (Lipinski definition) is 4. The fraction of sp³-hybridized carbons (Fsp3) is 0.133. The predicted molar refractivity (Wildman–Crippen MR) is 76.0 cm³/mol. The summed E-state index contributed by atoms with van der Waals surface area (Å²) in [4.78, 5) is 27.0. The van der Waals surface area contributed by atoms with E-state index < -0.39 is 11.9 Å². The molecule has 106 valence electrons. The van der Waals surface area contributed by atoms with Gasteiger partial charge in [-0.1, -0.05) is 24.1 Å². The van der Waals surface area contributed by atoms with Gasteiger partial charge in [0.1, 0.15) is 5.56 Å². The summed E-state index contributed by atoms with van der Waals surface area (Å²) in [6.45, 7) is -0.244. The summed E-state index contributed by atoms with van der Waals surface area (Å²) in [7, 11) is 0. The first-order valence-corrected chi connectivity index (χ1v) is 6.07. The number of ether oxygens (including phenoxy) is 1. The first kappa shape index (κ1) is 14.3. The van der Waals surface area contributed by atoms with Crippen molar-refractivity contribution in [3.05, 3.63) is 36.0 Å². The molecule has 1 amide bonds. The zero-order chi connectivity index (χ0) is 15.2. The Hall–Kier alpha value is -3.07. The third-order valence-electron chi connectivity index (χ3n) is 2.70. The lowest BCUT2D eigenvalue weighted by Gasteiger charge is -2.10. The lowest BCUT2D eigenvalue weighted by atomic mass is 10.1. The van der Waals surface area contributed by atoms with Gasteiger partial charge in [0.15, 0.2) is 12.4 Å². The van der Waals surface area contributed by atoms with E-state index in [2.05, 4.69) is 16.2 Å². The first-order chi connectivity index (χ1) is 10.1. The van der Waals surface area contributed by atoms with E-state index in [1.807, 2.05) is 0 Å². The average molecular weight is 284 g/mol. The number of carboxylic acids is 1. The van der Waals surface area contributed by atoms with Gasteiger partial charge in [0.25, 0.3) is 5.91 Å². The highest BCUT2D eigenvalue weighted by Crippen LogP contribution is 2.26. The zero-order valence-electron chi connectivity index (χ0n) is 11.0. The van der Waals surface area contributed by atoms with E-state index >= 15 is 0 Å². The Morgan fingerprint density at radius 1 is 1.38 bits per heavy atom. The second kappa shape index (κ2) is 6.39. The molecular formula is C15H12N2O4. The number of nitrogens with zero attached hydrogens (tertiary/aromatic N) is 1. The molecule has 0 aliphatic heterocycles. The molecule has 2 rings (SSSR count). The van der Waals surface area contributed by atoms with Crippen molar-refractivity contribution in [1.82, 2.24) is 10.3 Å². The van der Waals surface area contributed by atoms with Crippen LogP contribution in [-0.4, -0.2) is 35.1 Å². The van der Waals surface area contributed by atoms with E-state index in [4.69, 9.17) is 11.2 Å². The molecule has 0 saturated heterocycles. The van der Waals surface area contributed by atoms with Crippen molar-refractivity contribution in [2.24, 2.45) is 0 Å². The minimum absolute atomic E-state index is 0.0228. The van der Waals surface area contributed by atoms with Gasteiger partial charge >= 0.3 is 5.97 Å². The maximum absolute atomic E-state index is 11.4. The van der Waals surface area contributed by atoms with E-state index in [0.29, 0.717) is 10.9 Å². The number of para-hydroxylation sites is 1. The van der Waals surface area contributed by atoms with Crippen LogP contribution in [0.2, 0.25) is 0 Å². The fourth-order valence-electron chi connectivity index (χ4n) is 1.80. The standard InChI is InChI=1S/C15H12N2O4/c1-2-7-16-13(18)9-21-12-8-17-11-6-4-3-5-10(11)14(12)15(19)20/h1,3-6,8H,7,9H2,(H,16,18)(H,19,20). The molecule has 6 heteroatoms. The molecular weight excluding hydrogens is 272 g/mol. The number of aromatic nitrogens is 1. The second-order valence-electron chi connectivity index (χ2n) is 4.09. The second-order valence-corrected chi connectivity index (χ2v) is 4.09. The van der Waals surface area contributed by atoms with Crippen molar-refractivity contribution in [3.8, 4) is 18.1 Å². The summed E-state index contributed by atoms with van der Waals surface area (Å²) < 4.78 is 5.24. The molecule has 1 heterocycles. The van der Waals surface area contributed by atoms with Crippen LogP contribution in [0.15, 0.2) is 30.5 Å². The van der Waals surface area contributed by atoms with Gasteiger partial charge in [-0.2, -0.15) is 0 Å². The van der Waals surface area contributed by atoms with Crippen LogP contribution in [0.4, 0.5) is 0 Å². The van der Waals surface area contributed by atoms with Crippen molar-refractivity contribution >= 4 is 22.8 Å². The summed E-state index contributed by atoms with van der Waals surface area (Å²) in [5, 5.41) is 12.2. The van der Waals surface area contributed by atoms with E-state index in [0.717, 1.165) is 0 Å². The van der Waals surface area contributed by atoms with Crippen molar-refractivity contribution in [2.75, 3.05) is 13.2 Å². The van der Waals surface area contributed by atoms with Crippen LogP contribution >= 0.6 is 0 Å². The number of rotatable bonds is 5. The molecule has 21 heavy (non-hydrogen) atoms. The van der Waals surface area contributed by atoms with Crippen molar-refractivity contribution in [3.63, 3.8) is 0 Å². The molecule has 6 nitrogen and oxygen atoms in total.